The van der Waals surface area contributed by atoms with E-state index in [1.54, 1.807) is 18.2 Å². The minimum absolute atomic E-state index is 0.0734. The zero-order valence-electron chi connectivity index (χ0n) is 7.87. The highest BCUT2D eigenvalue weighted by atomic mass is 79.9. The predicted octanol–water partition coefficient (Wildman–Crippen LogP) is 1.99. The number of benzene rings is 1. The molecule has 0 aliphatic heterocycles. The number of amides is 1. The molecule has 0 unspecified atom stereocenters. The van der Waals surface area contributed by atoms with E-state index in [4.69, 9.17) is 17.3 Å². The number of aromatic nitrogens is 3. The van der Waals surface area contributed by atoms with Crippen molar-refractivity contribution in [2.24, 2.45) is 5.73 Å². The number of hydrogen-bond acceptors (Lipinski definition) is 3. The van der Waals surface area contributed by atoms with Gasteiger partial charge < -0.3 is 5.73 Å². The highest BCUT2D eigenvalue weighted by Gasteiger charge is 2.17. The van der Waals surface area contributed by atoms with Gasteiger partial charge in [0, 0.05) is 10.0 Å². The number of halogens is 2. The summed E-state index contributed by atoms with van der Waals surface area (Å²) < 4.78 is 0.838. The van der Waals surface area contributed by atoms with Crippen LogP contribution in [0.4, 0.5) is 0 Å². The first-order valence-corrected chi connectivity index (χ1v) is 5.42. The predicted molar refractivity (Wildman–Crippen MR) is 63.0 cm³/mol. The van der Waals surface area contributed by atoms with Gasteiger partial charge in [0.15, 0.2) is 5.69 Å². The summed E-state index contributed by atoms with van der Waals surface area (Å²) in [6, 6.07) is 5.23. The smallest absolute Gasteiger partial charge is 0.271 e. The summed E-state index contributed by atoms with van der Waals surface area (Å²) in [6.07, 6.45) is 0. The number of nitrogens with one attached hydrogen (secondary N) is 1. The lowest BCUT2D eigenvalue weighted by molar-refractivity contribution is 0.0996. The summed E-state index contributed by atoms with van der Waals surface area (Å²) in [5.41, 5.74) is 6.19. The maximum absolute atomic E-state index is 11.1. The van der Waals surface area contributed by atoms with Gasteiger partial charge in [0.2, 0.25) is 0 Å². The van der Waals surface area contributed by atoms with Crippen LogP contribution in [-0.4, -0.2) is 21.3 Å². The minimum atomic E-state index is -0.650. The largest absolute Gasteiger partial charge is 0.364 e. The normalized spacial score (nSPS) is 10.4. The molecule has 5 nitrogen and oxygen atoms in total. The van der Waals surface area contributed by atoms with Gasteiger partial charge in [-0.25, -0.2) is 0 Å². The summed E-state index contributed by atoms with van der Waals surface area (Å²) in [4.78, 5) is 11.1. The van der Waals surface area contributed by atoms with E-state index >= 15 is 0 Å². The van der Waals surface area contributed by atoms with Crippen LogP contribution in [0, 0.1) is 0 Å². The Balaban J connectivity index is 2.59. The van der Waals surface area contributed by atoms with Gasteiger partial charge in [-0.2, -0.15) is 15.4 Å². The topological polar surface area (TPSA) is 84.7 Å². The molecular formula is C9H6BrClN4O. The zero-order valence-corrected chi connectivity index (χ0v) is 10.2. The zero-order chi connectivity index (χ0) is 11.7. The fraction of sp³-hybridized carbons (Fsp3) is 0. The first-order valence-electron chi connectivity index (χ1n) is 4.25. The van der Waals surface area contributed by atoms with Gasteiger partial charge in [-0.05, 0) is 12.1 Å². The standard InChI is InChI=1S/C9H6BrClN4O/c10-4-1-2-5(6(11)3-4)7-8(9(12)16)14-15-13-7/h1-3H,(H2,12,16)(H,13,14,15). The van der Waals surface area contributed by atoms with E-state index in [0.717, 1.165) is 4.47 Å². The molecule has 0 bridgehead atoms. The molecular weight excluding hydrogens is 295 g/mol. The van der Waals surface area contributed by atoms with Gasteiger partial charge >= 0.3 is 0 Å². The van der Waals surface area contributed by atoms with E-state index in [2.05, 4.69) is 31.3 Å². The van der Waals surface area contributed by atoms with Crippen molar-refractivity contribution in [1.82, 2.24) is 15.4 Å². The van der Waals surface area contributed by atoms with Crippen LogP contribution in [0.5, 0.6) is 0 Å². The van der Waals surface area contributed by atoms with Crippen molar-refractivity contribution < 1.29 is 4.79 Å². The van der Waals surface area contributed by atoms with Gasteiger partial charge in [0.25, 0.3) is 5.91 Å². The molecule has 0 aliphatic carbocycles. The van der Waals surface area contributed by atoms with Crippen molar-refractivity contribution >= 4 is 33.4 Å². The monoisotopic (exact) mass is 300 g/mol. The van der Waals surface area contributed by atoms with Gasteiger partial charge in [-0.15, -0.1) is 0 Å². The van der Waals surface area contributed by atoms with Crippen LogP contribution in [-0.2, 0) is 0 Å². The molecule has 1 aromatic heterocycles. The number of nitrogens with two attached hydrogens (primary N) is 1. The van der Waals surface area contributed by atoms with Crippen LogP contribution in [0.1, 0.15) is 10.5 Å². The highest BCUT2D eigenvalue weighted by molar-refractivity contribution is 9.10. The third-order valence-electron chi connectivity index (χ3n) is 1.97. The Kier molecular flexibility index (Phi) is 2.93. The van der Waals surface area contributed by atoms with Gasteiger partial charge in [0.05, 0.1) is 5.02 Å². The molecule has 0 fully saturated rings. The van der Waals surface area contributed by atoms with Crippen molar-refractivity contribution in [3.05, 3.63) is 33.4 Å². The molecule has 0 saturated heterocycles. The average Bonchev–Trinajstić information content (AvgIpc) is 2.66. The van der Waals surface area contributed by atoms with Crippen molar-refractivity contribution in [3.63, 3.8) is 0 Å². The van der Waals surface area contributed by atoms with E-state index in [9.17, 15) is 4.79 Å². The lowest BCUT2D eigenvalue weighted by atomic mass is 10.1. The van der Waals surface area contributed by atoms with Crippen LogP contribution in [0.3, 0.4) is 0 Å². The maximum Gasteiger partial charge on any atom is 0.271 e. The molecule has 1 amide bonds. The molecule has 0 atom stereocenters. The summed E-state index contributed by atoms with van der Waals surface area (Å²) in [5.74, 6) is -0.650. The third kappa shape index (κ3) is 1.94. The minimum Gasteiger partial charge on any atom is -0.364 e. The number of rotatable bonds is 2. The lowest BCUT2D eigenvalue weighted by Crippen LogP contribution is -2.12. The Hall–Kier alpha value is -1.40. The molecule has 82 valence electrons. The summed E-state index contributed by atoms with van der Waals surface area (Å²) in [5, 5.41) is 10.3. The average molecular weight is 302 g/mol. The van der Waals surface area contributed by atoms with Crippen LogP contribution >= 0.6 is 27.5 Å². The quantitative estimate of drug-likeness (QED) is 0.889. The SMILES string of the molecule is NC(=O)c1n[nH]nc1-c1ccc(Br)cc1Cl. The Morgan fingerprint density at radius 3 is 2.81 bits per heavy atom. The van der Waals surface area contributed by atoms with Crippen molar-refractivity contribution in [2.75, 3.05) is 0 Å². The second-order valence-electron chi connectivity index (χ2n) is 3.01. The Labute approximate surface area is 104 Å². The molecule has 0 radical (unpaired) electrons. The molecule has 0 spiro atoms. The fourth-order valence-electron chi connectivity index (χ4n) is 1.27. The number of primary amides is 1. The van der Waals surface area contributed by atoms with E-state index in [-0.39, 0.29) is 5.69 Å². The van der Waals surface area contributed by atoms with Gasteiger partial charge in [-0.3, -0.25) is 4.79 Å². The van der Waals surface area contributed by atoms with Crippen molar-refractivity contribution in [2.45, 2.75) is 0 Å². The van der Waals surface area contributed by atoms with E-state index < -0.39 is 5.91 Å². The second kappa shape index (κ2) is 4.23. The lowest BCUT2D eigenvalue weighted by Gasteiger charge is -2.01. The molecule has 16 heavy (non-hydrogen) atoms. The van der Waals surface area contributed by atoms with Gasteiger partial charge in [-0.1, -0.05) is 33.6 Å². The Bertz CT molecular complexity index is 554. The number of carbonyl (C=O) groups excluding carboxylic acids is 1. The second-order valence-corrected chi connectivity index (χ2v) is 4.33. The Morgan fingerprint density at radius 2 is 2.19 bits per heavy atom. The number of H-pyrrole nitrogens is 1. The molecule has 1 heterocycles. The first kappa shape index (κ1) is 11.1. The Morgan fingerprint density at radius 1 is 1.44 bits per heavy atom. The number of carbonyl (C=O) groups is 1. The molecule has 7 heteroatoms. The van der Waals surface area contributed by atoms with Crippen molar-refractivity contribution in [1.29, 1.82) is 0 Å². The fourth-order valence-corrected chi connectivity index (χ4v) is 2.03. The van der Waals surface area contributed by atoms with E-state index in [0.29, 0.717) is 16.3 Å². The number of aromatic amines is 1. The van der Waals surface area contributed by atoms with Crippen LogP contribution in [0.15, 0.2) is 22.7 Å². The molecule has 0 aliphatic rings. The highest BCUT2D eigenvalue weighted by Crippen LogP contribution is 2.30. The first-order chi connectivity index (χ1) is 7.59. The third-order valence-corrected chi connectivity index (χ3v) is 2.77. The van der Waals surface area contributed by atoms with Crippen LogP contribution < -0.4 is 5.73 Å². The summed E-state index contributed by atoms with van der Waals surface area (Å²) in [7, 11) is 0. The molecule has 3 N–H and O–H groups in total. The number of hydrogen-bond donors (Lipinski definition) is 2. The molecule has 2 rings (SSSR count). The number of nitrogens with zero attached hydrogens (tertiary/aromatic N) is 2. The van der Waals surface area contributed by atoms with Gasteiger partial charge in [0.1, 0.15) is 5.69 Å². The van der Waals surface area contributed by atoms with E-state index in [1.165, 1.54) is 0 Å². The molecule has 2 aromatic rings. The summed E-state index contributed by atoms with van der Waals surface area (Å²) in [6.45, 7) is 0. The van der Waals surface area contributed by atoms with Crippen LogP contribution in [0.2, 0.25) is 5.02 Å². The maximum atomic E-state index is 11.1. The van der Waals surface area contributed by atoms with E-state index in [1.807, 2.05) is 0 Å². The van der Waals surface area contributed by atoms with Crippen molar-refractivity contribution in [3.8, 4) is 11.3 Å². The molecule has 0 saturated carbocycles. The molecule has 1 aromatic carbocycles. The summed E-state index contributed by atoms with van der Waals surface area (Å²) >= 11 is 9.32. The van der Waals surface area contributed by atoms with Crippen LogP contribution in [0.25, 0.3) is 11.3 Å².